The zero-order chi connectivity index (χ0) is 15.5. The van der Waals surface area contributed by atoms with Gasteiger partial charge in [-0.2, -0.15) is 0 Å². The first-order valence-electron chi connectivity index (χ1n) is 6.78. The largest absolute Gasteiger partial charge is 0.377 e. The number of carbonyl (C=O) groups is 2. The van der Waals surface area contributed by atoms with Crippen LogP contribution >= 0.6 is 0 Å². The van der Waals surface area contributed by atoms with Gasteiger partial charge in [0.15, 0.2) is 15.6 Å². The number of sulfone groups is 1. The fourth-order valence-corrected chi connectivity index (χ4v) is 4.21. The van der Waals surface area contributed by atoms with E-state index in [1.165, 1.54) is 6.92 Å². The maximum atomic E-state index is 12.1. The lowest BCUT2D eigenvalue weighted by atomic mass is 10.0. The number of amides is 1. The predicted octanol–water partition coefficient (Wildman–Crippen LogP) is 0.308. The minimum absolute atomic E-state index is 0.0760. The Morgan fingerprint density at radius 3 is 2.35 bits per heavy atom. The maximum Gasteiger partial charge on any atom is 0.235 e. The van der Waals surface area contributed by atoms with Gasteiger partial charge in [-0.15, -0.1) is 0 Å². The smallest absolute Gasteiger partial charge is 0.235 e. The van der Waals surface area contributed by atoms with E-state index >= 15 is 0 Å². The molecule has 0 bridgehead atoms. The normalized spacial score (nSPS) is 24.6. The van der Waals surface area contributed by atoms with Gasteiger partial charge in [-0.25, -0.2) is 8.42 Å². The lowest BCUT2D eigenvalue weighted by molar-refractivity contribution is -0.126. The highest BCUT2D eigenvalue weighted by molar-refractivity contribution is 7.92. The van der Waals surface area contributed by atoms with Gasteiger partial charge < -0.3 is 10.1 Å². The number of hydrogen-bond acceptors (Lipinski definition) is 5. The van der Waals surface area contributed by atoms with Crippen molar-refractivity contribution in [1.82, 2.24) is 5.32 Å². The van der Waals surface area contributed by atoms with Crippen LogP contribution in [0.2, 0.25) is 0 Å². The van der Waals surface area contributed by atoms with Crippen molar-refractivity contribution in [3.63, 3.8) is 0 Å². The second-order valence-electron chi connectivity index (χ2n) is 5.61. The molecule has 1 saturated heterocycles. The first-order chi connectivity index (χ1) is 9.15. The lowest BCUT2D eigenvalue weighted by Crippen LogP contribution is -2.46. The molecule has 1 amide bonds. The summed E-state index contributed by atoms with van der Waals surface area (Å²) < 4.78 is 29.5. The molecule has 0 aromatic heterocycles. The SMILES string of the molecule is CC(=O)C(NC(=O)CS(=O)(=O)C1CCOC1C)C(C)C. The zero-order valence-electron chi connectivity index (χ0n) is 12.4. The summed E-state index contributed by atoms with van der Waals surface area (Å²) in [7, 11) is -3.55. The molecule has 3 atom stereocenters. The van der Waals surface area contributed by atoms with Crippen LogP contribution in [0.5, 0.6) is 0 Å². The van der Waals surface area contributed by atoms with Crippen LogP contribution < -0.4 is 5.32 Å². The average molecular weight is 305 g/mol. The van der Waals surface area contributed by atoms with Crippen molar-refractivity contribution in [2.24, 2.45) is 5.92 Å². The first kappa shape index (κ1) is 17.1. The van der Waals surface area contributed by atoms with Gasteiger partial charge in [0.1, 0.15) is 5.75 Å². The molecule has 116 valence electrons. The highest BCUT2D eigenvalue weighted by atomic mass is 32.2. The van der Waals surface area contributed by atoms with Crippen molar-refractivity contribution >= 4 is 21.5 Å². The number of carbonyl (C=O) groups excluding carboxylic acids is 2. The predicted molar refractivity (Wildman–Crippen MR) is 75.1 cm³/mol. The molecule has 0 aromatic rings. The van der Waals surface area contributed by atoms with Gasteiger partial charge in [0.25, 0.3) is 0 Å². The highest BCUT2D eigenvalue weighted by Gasteiger charge is 2.37. The molecule has 1 heterocycles. The lowest BCUT2D eigenvalue weighted by Gasteiger charge is -2.20. The van der Waals surface area contributed by atoms with E-state index < -0.39 is 32.8 Å². The van der Waals surface area contributed by atoms with Gasteiger partial charge in [-0.1, -0.05) is 13.8 Å². The van der Waals surface area contributed by atoms with E-state index in [1.807, 2.05) is 0 Å². The van der Waals surface area contributed by atoms with Gasteiger partial charge >= 0.3 is 0 Å². The number of hydrogen-bond donors (Lipinski definition) is 1. The van der Waals surface area contributed by atoms with Crippen molar-refractivity contribution in [2.45, 2.75) is 51.5 Å². The Hall–Kier alpha value is -0.950. The van der Waals surface area contributed by atoms with E-state index in [-0.39, 0.29) is 17.8 Å². The van der Waals surface area contributed by atoms with E-state index in [9.17, 15) is 18.0 Å². The molecule has 7 heteroatoms. The fraction of sp³-hybridized carbons (Fsp3) is 0.846. The van der Waals surface area contributed by atoms with Crippen molar-refractivity contribution in [2.75, 3.05) is 12.4 Å². The van der Waals surface area contributed by atoms with Crippen LogP contribution in [0.1, 0.15) is 34.1 Å². The summed E-state index contributed by atoms with van der Waals surface area (Å²) in [5.74, 6) is -1.48. The molecule has 20 heavy (non-hydrogen) atoms. The molecule has 0 aromatic carbocycles. The third-order valence-corrected chi connectivity index (χ3v) is 5.73. The van der Waals surface area contributed by atoms with Crippen molar-refractivity contribution in [3.05, 3.63) is 0 Å². The number of rotatable bonds is 6. The van der Waals surface area contributed by atoms with Crippen LogP contribution in [-0.2, 0) is 24.2 Å². The van der Waals surface area contributed by atoms with E-state index in [0.717, 1.165) is 0 Å². The standard InChI is InChI=1S/C13H23NO5S/c1-8(2)13(9(3)15)14-12(16)7-20(17,18)11-5-6-19-10(11)4/h8,10-11,13H,5-7H2,1-4H3,(H,14,16). The number of ketones is 1. The number of nitrogens with one attached hydrogen (secondary N) is 1. The average Bonchev–Trinajstić information content (AvgIpc) is 2.71. The Labute approximate surface area is 120 Å². The topological polar surface area (TPSA) is 89.5 Å². The highest BCUT2D eigenvalue weighted by Crippen LogP contribution is 2.21. The van der Waals surface area contributed by atoms with Crippen molar-refractivity contribution in [1.29, 1.82) is 0 Å². The molecule has 1 aliphatic heterocycles. The molecule has 0 saturated carbocycles. The number of Topliss-reactive ketones (excluding diaryl/α,β-unsaturated/α-hetero) is 1. The van der Waals surface area contributed by atoms with E-state index in [0.29, 0.717) is 13.0 Å². The molecule has 0 spiro atoms. The van der Waals surface area contributed by atoms with Gasteiger partial charge in [0, 0.05) is 6.61 Å². The van der Waals surface area contributed by atoms with E-state index in [1.54, 1.807) is 20.8 Å². The van der Waals surface area contributed by atoms with Crippen LogP contribution in [-0.4, -0.2) is 49.9 Å². The number of ether oxygens (including phenoxy) is 1. The van der Waals surface area contributed by atoms with Crippen LogP contribution in [0.4, 0.5) is 0 Å². The summed E-state index contributed by atoms with van der Waals surface area (Å²) in [6.07, 6.45) is 0.0263. The summed E-state index contributed by atoms with van der Waals surface area (Å²) in [5.41, 5.74) is 0. The Kier molecular flexibility index (Phi) is 5.70. The van der Waals surface area contributed by atoms with E-state index in [2.05, 4.69) is 5.32 Å². The zero-order valence-corrected chi connectivity index (χ0v) is 13.2. The molecule has 1 aliphatic rings. The first-order valence-corrected chi connectivity index (χ1v) is 8.49. The maximum absolute atomic E-state index is 12.1. The molecule has 1 rings (SSSR count). The minimum atomic E-state index is -3.55. The summed E-state index contributed by atoms with van der Waals surface area (Å²) >= 11 is 0. The van der Waals surface area contributed by atoms with Crippen LogP contribution in [0, 0.1) is 5.92 Å². The molecule has 1 N–H and O–H groups in total. The second-order valence-corrected chi connectivity index (χ2v) is 7.83. The van der Waals surface area contributed by atoms with Gasteiger partial charge in [0.05, 0.1) is 17.4 Å². The van der Waals surface area contributed by atoms with Crippen LogP contribution in [0.15, 0.2) is 0 Å². The molecule has 6 nitrogen and oxygen atoms in total. The second kappa shape index (κ2) is 6.67. The van der Waals surface area contributed by atoms with Gasteiger partial charge in [-0.05, 0) is 26.2 Å². The molecule has 0 radical (unpaired) electrons. The summed E-state index contributed by atoms with van der Waals surface area (Å²) in [5, 5.41) is 1.87. The Morgan fingerprint density at radius 2 is 1.95 bits per heavy atom. The quantitative estimate of drug-likeness (QED) is 0.763. The van der Waals surface area contributed by atoms with Crippen LogP contribution in [0.3, 0.4) is 0 Å². The van der Waals surface area contributed by atoms with Crippen molar-refractivity contribution < 1.29 is 22.7 Å². The molecule has 1 fully saturated rings. The van der Waals surface area contributed by atoms with Crippen molar-refractivity contribution in [3.8, 4) is 0 Å². The Balaban J connectivity index is 2.68. The molecule has 0 aliphatic carbocycles. The molecule has 3 unspecified atom stereocenters. The van der Waals surface area contributed by atoms with Crippen LogP contribution in [0.25, 0.3) is 0 Å². The summed E-state index contributed by atoms with van der Waals surface area (Å²) in [4.78, 5) is 23.3. The Bertz CT molecular complexity index is 471. The monoisotopic (exact) mass is 305 g/mol. The third-order valence-electron chi connectivity index (χ3n) is 3.52. The van der Waals surface area contributed by atoms with Gasteiger partial charge in [0.2, 0.25) is 5.91 Å². The summed E-state index contributed by atoms with van der Waals surface area (Å²) in [6, 6.07) is -0.644. The Morgan fingerprint density at radius 1 is 1.35 bits per heavy atom. The fourth-order valence-electron chi connectivity index (χ4n) is 2.43. The molecular formula is C13H23NO5S. The third kappa shape index (κ3) is 4.28. The minimum Gasteiger partial charge on any atom is -0.377 e. The van der Waals surface area contributed by atoms with Gasteiger partial charge in [-0.3, -0.25) is 9.59 Å². The molecular weight excluding hydrogens is 282 g/mol. The van der Waals surface area contributed by atoms with E-state index in [4.69, 9.17) is 4.74 Å². The summed E-state index contributed by atoms with van der Waals surface area (Å²) in [6.45, 7) is 7.07.